The summed E-state index contributed by atoms with van der Waals surface area (Å²) in [6.45, 7) is 7.15. The van der Waals surface area contributed by atoms with Crippen molar-refractivity contribution in [2.45, 2.75) is 45.2 Å². The van der Waals surface area contributed by atoms with E-state index in [0.717, 1.165) is 9.87 Å². The second-order valence-corrected chi connectivity index (χ2v) is 12.8. The van der Waals surface area contributed by atoms with E-state index in [4.69, 9.17) is 27.9 Å². The molecule has 0 saturated carbocycles. The summed E-state index contributed by atoms with van der Waals surface area (Å²) in [5, 5.41) is 3.59. The third-order valence-corrected chi connectivity index (χ3v) is 8.81. The summed E-state index contributed by atoms with van der Waals surface area (Å²) < 4.78 is 34.4. The van der Waals surface area contributed by atoms with E-state index in [1.807, 2.05) is 20.8 Å². The Balaban J connectivity index is 2.07. The highest BCUT2D eigenvalue weighted by Gasteiger charge is 2.34. The third kappa shape index (κ3) is 8.15. The summed E-state index contributed by atoms with van der Waals surface area (Å²) in [7, 11) is -2.80. The van der Waals surface area contributed by atoms with Crippen LogP contribution in [0.3, 0.4) is 0 Å². The van der Waals surface area contributed by atoms with Crippen molar-refractivity contribution in [1.82, 2.24) is 10.2 Å². The van der Waals surface area contributed by atoms with Gasteiger partial charge < -0.3 is 15.0 Å². The number of hydrogen-bond donors (Lipinski definition) is 1. The lowest BCUT2D eigenvalue weighted by Crippen LogP contribution is -2.51. The van der Waals surface area contributed by atoms with Crippen LogP contribution in [0.15, 0.2) is 71.6 Å². The molecule has 0 bridgehead atoms. The number of methoxy groups -OCH3 is 1. The zero-order valence-electron chi connectivity index (χ0n) is 23.7. The number of nitrogens with one attached hydrogen (secondary N) is 1. The van der Waals surface area contributed by atoms with E-state index in [9.17, 15) is 18.0 Å². The van der Waals surface area contributed by atoms with Crippen molar-refractivity contribution in [2.24, 2.45) is 5.92 Å². The minimum Gasteiger partial charge on any atom is -0.495 e. The molecule has 0 unspecified atom stereocenters. The number of anilines is 1. The minimum atomic E-state index is -4.22. The van der Waals surface area contributed by atoms with E-state index in [1.165, 1.54) is 24.1 Å². The summed E-state index contributed by atoms with van der Waals surface area (Å²) in [4.78, 5) is 28.5. The molecule has 41 heavy (non-hydrogen) atoms. The number of rotatable bonds is 12. The molecule has 0 fully saturated rings. The third-order valence-electron chi connectivity index (χ3n) is 6.45. The van der Waals surface area contributed by atoms with E-state index in [1.54, 1.807) is 61.5 Å². The standard InChI is InChI=1S/C30H35Cl2N3O5S/c1-20(2)17-33-30(37)22(4)34(18-23-12-13-24(31)16-26(23)32)29(36)19-35(27-8-6-7-9-28(27)40-5)41(38,39)25-14-10-21(3)11-15-25/h6-16,20,22H,17-19H2,1-5H3,(H,33,37)/t22-/m0/s1. The van der Waals surface area contributed by atoms with Gasteiger partial charge in [-0.25, -0.2) is 8.42 Å². The molecule has 0 heterocycles. The van der Waals surface area contributed by atoms with Gasteiger partial charge in [-0.3, -0.25) is 13.9 Å². The fourth-order valence-corrected chi connectivity index (χ4v) is 5.95. The van der Waals surface area contributed by atoms with Crippen LogP contribution in [0.5, 0.6) is 5.75 Å². The van der Waals surface area contributed by atoms with E-state index in [0.29, 0.717) is 22.2 Å². The molecule has 3 rings (SSSR count). The molecule has 0 aliphatic heterocycles. The Hall–Kier alpha value is -3.27. The maximum absolute atomic E-state index is 14.1. The van der Waals surface area contributed by atoms with Crippen LogP contribution in [0, 0.1) is 12.8 Å². The Bertz CT molecular complexity index is 1480. The number of sulfonamides is 1. The van der Waals surface area contributed by atoms with Crippen molar-refractivity contribution in [3.63, 3.8) is 0 Å². The van der Waals surface area contributed by atoms with Gasteiger partial charge in [0, 0.05) is 23.1 Å². The van der Waals surface area contributed by atoms with Gasteiger partial charge in [0.05, 0.1) is 17.7 Å². The van der Waals surface area contributed by atoms with E-state index in [2.05, 4.69) is 5.32 Å². The molecule has 0 aliphatic carbocycles. The molecule has 1 atom stereocenters. The maximum Gasteiger partial charge on any atom is 0.264 e. The molecule has 3 aromatic rings. The number of nitrogens with zero attached hydrogens (tertiary/aromatic N) is 2. The number of hydrogen-bond acceptors (Lipinski definition) is 5. The number of benzene rings is 3. The van der Waals surface area contributed by atoms with Gasteiger partial charge in [0.1, 0.15) is 18.3 Å². The first kappa shape index (κ1) is 32.2. The van der Waals surface area contributed by atoms with Crippen LogP contribution in [0.4, 0.5) is 5.69 Å². The van der Waals surface area contributed by atoms with E-state index in [-0.39, 0.29) is 34.7 Å². The first-order valence-corrected chi connectivity index (χ1v) is 15.3. The molecule has 2 amide bonds. The van der Waals surface area contributed by atoms with Crippen LogP contribution in [0.25, 0.3) is 0 Å². The Labute approximate surface area is 252 Å². The van der Waals surface area contributed by atoms with Crippen molar-refractivity contribution in [3.8, 4) is 5.75 Å². The van der Waals surface area contributed by atoms with Crippen LogP contribution < -0.4 is 14.4 Å². The number of carbonyl (C=O) groups excluding carboxylic acids is 2. The molecule has 11 heteroatoms. The zero-order chi connectivity index (χ0) is 30.3. The molecule has 0 aromatic heterocycles. The minimum absolute atomic E-state index is 0.0110. The highest BCUT2D eigenvalue weighted by atomic mass is 35.5. The number of carbonyl (C=O) groups is 2. The van der Waals surface area contributed by atoms with Gasteiger partial charge in [0.2, 0.25) is 11.8 Å². The van der Waals surface area contributed by atoms with Crippen LogP contribution in [-0.4, -0.2) is 51.4 Å². The Kier molecular flexibility index (Phi) is 11.1. The Morgan fingerprint density at radius 3 is 2.24 bits per heavy atom. The summed E-state index contributed by atoms with van der Waals surface area (Å²) >= 11 is 12.5. The van der Waals surface area contributed by atoms with E-state index < -0.39 is 28.5 Å². The molecule has 3 aromatic carbocycles. The predicted octanol–water partition coefficient (Wildman–Crippen LogP) is 5.70. The monoisotopic (exact) mass is 619 g/mol. The lowest BCUT2D eigenvalue weighted by Gasteiger charge is -2.32. The highest BCUT2D eigenvalue weighted by Crippen LogP contribution is 2.33. The highest BCUT2D eigenvalue weighted by molar-refractivity contribution is 7.92. The van der Waals surface area contributed by atoms with Crippen LogP contribution >= 0.6 is 23.2 Å². The second-order valence-electron chi connectivity index (χ2n) is 10.1. The van der Waals surface area contributed by atoms with Crippen molar-refractivity contribution in [3.05, 3.63) is 87.9 Å². The average molecular weight is 621 g/mol. The van der Waals surface area contributed by atoms with Crippen molar-refractivity contribution in [2.75, 3.05) is 24.5 Å². The summed E-state index contributed by atoms with van der Waals surface area (Å²) in [5.41, 5.74) is 1.62. The largest absolute Gasteiger partial charge is 0.495 e. The van der Waals surface area contributed by atoms with Crippen LogP contribution in [0.1, 0.15) is 31.9 Å². The lowest BCUT2D eigenvalue weighted by atomic mass is 10.1. The average Bonchev–Trinajstić information content (AvgIpc) is 2.93. The maximum atomic E-state index is 14.1. The number of para-hydroxylation sites is 2. The smallest absolute Gasteiger partial charge is 0.264 e. The summed E-state index contributed by atoms with van der Waals surface area (Å²) in [6.07, 6.45) is 0. The SMILES string of the molecule is COc1ccccc1N(CC(=O)N(Cc1ccc(Cl)cc1Cl)[C@@H](C)C(=O)NCC(C)C)S(=O)(=O)c1ccc(C)cc1. The normalized spacial score (nSPS) is 12.1. The van der Waals surface area contributed by atoms with Crippen molar-refractivity contribution >= 4 is 50.7 Å². The number of amides is 2. The van der Waals surface area contributed by atoms with E-state index >= 15 is 0 Å². The molecular weight excluding hydrogens is 585 g/mol. The topological polar surface area (TPSA) is 96.0 Å². The number of aryl methyl sites for hydroxylation is 1. The first-order valence-electron chi connectivity index (χ1n) is 13.1. The van der Waals surface area contributed by atoms with Gasteiger partial charge in [-0.15, -0.1) is 0 Å². The summed E-state index contributed by atoms with van der Waals surface area (Å²) in [6, 6.07) is 16.8. The lowest BCUT2D eigenvalue weighted by molar-refractivity contribution is -0.139. The van der Waals surface area contributed by atoms with Gasteiger partial charge in [-0.05, 0) is 61.7 Å². The molecule has 8 nitrogen and oxygen atoms in total. The van der Waals surface area contributed by atoms with Gasteiger partial charge in [-0.2, -0.15) is 0 Å². The van der Waals surface area contributed by atoms with Gasteiger partial charge in [0.25, 0.3) is 10.0 Å². The fraction of sp³-hybridized carbons (Fsp3) is 0.333. The van der Waals surface area contributed by atoms with Crippen molar-refractivity contribution in [1.29, 1.82) is 0 Å². The van der Waals surface area contributed by atoms with Crippen LogP contribution in [-0.2, 0) is 26.2 Å². The molecule has 0 spiro atoms. The quantitative estimate of drug-likeness (QED) is 0.281. The number of ether oxygens (including phenoxy) is 1. The fourth-order valence-electron chi connectivity index (χ4n) is 4.06. The van der Waals surface area contributed by atoms with Gasteiger partial charge >= 0.3 is 0 Å². The molecule has 0 aliphatic rings. The van der Waals surface area contributed by atoms with Crippen LogP contribution in [0.2, 0.25) is 10.0 Å². The molecule has 1 N–H and O–H groups in total. The Morgan fingerprint density at radius 1 is 0.976 bits per heavy atom. The molecule has 0 radical (unpaired) electrons. The van der Waals surface area contributed by atoms with Gasteiger partial charge in [0.15, 0.2) is 0 Å². The Morgan fingerprint density at radius 2 is 1.63 bits per heavy atom. The van der Waals surface area contributed by atoms with Gasteiger partial charge in [-0.1, -0.05) is 72.9 Å². The molecule has 0 saturated heterocycles. The summed E-state index contributed by atoms with van der Waals surface area (Å²) in [5.74, 6) is -0.514. The second kappa shape index (κ2) is 14.1. The number of halogens is 2. The zero-order valence-corrected chi connectivity index (χ0v) is 26.1. The molecule has 220 valence electrons. The first-order chi connectivity index (χ1) is 19.3. The molecular formula is C30H35Cl2N3O5S. The predicted molar refractivity (Wildman–Crippen MR) is 163 cm³/mol. The van der Waals surface area contributed by atoms with Crippen molar-refractivity contribution < 1.29 is 22.7 Å².